The summed E-state index contributed by atoms with van der Waals surface area (Å²) in [4.78, 5) is 0. The van der Waals surface area contributed by atoms with E-state index in [1.807, 2.05) is 0 Å². The third-order valence-electron chi connectivity index (χ3n) is 1.36. The summed E-state index contributed by atoms with van der Waals surface area (Å²) in [6.07, 6.45) is -4.75. The lowest BCUT2D eigenvalue weighted by Gasteiger charge is -2.11. The van der Waals surface area contributed by atoms with Crippen molar-refractivity contribution in [1.29, 1.82) is 0 Å². The summed E-state index contributed by atoms with van der Waals surface area (Å²) in [5.41, 5.74) is 0. The smallest absolute Gasteiger partial charge is 0.497 e. The maximum absolute atomic E-state index is 11.8. The lowest BCUT2D eigenvalue weighted by atomic mass is 10.3. The van der Waals surface area contributed by atoms with Gasteiger partial charge in [-0.05, 0) is 12.1 Å². The van der Waals surface area contributed by atoms with E-state index in [-0.39, 0.29) is 10.8 Å². The van der Waals surface area contributed by atoms with E-state index < -0.39 is 12.1 Å². The van der Waals surface area contributed by atoms with Crippen molar-refractivity contribution in [3.05, 3.63) is 23.2 Å². The van der Waals surface area contributed by atoms with Gasteiger partial charge in [-0.25, -0.2) is 0 Å². The Morgan fingerprint density at radius 1 is 1.29 bits per heavy atom. The van der Waals surface area contributed by atoms with Crippen LogP contribution in [0.3, 0.4) is 0 Å². The fraction of sp³-hybridized carbons (Fsp3) is 0.250. The van der Waals surface area contributed by atoms with Crippen LogP contribution in [0.2, 0.25) is 5.02 Å². The monoisotopic (exact) mass is 226 g/mol. The molecule has 1 aromatic rings. The SMILES string of the molecule is COc1ccc(Cl)c(OC(F)(F)F)c1. The van der Waals surface area contributed by atoms with Crippen LogP contribution in [0.15, 0.2) is 18.2 Å². The Bertz CT molecular complexity index is 325. The van der Waals surface area contributed by atoms with E-state index in [1.165, 1.54) is 19.2 Å². The lowest BCUT2D eigenvalue weighted by molar-refractivity contribution is -0.274. The highest BCUT2D eigenvalue weighted by Crippen LogP contribution is 2.32. The van der Waals surface area contributed by atoms with Crippen LogP contribution in [0.4, 0.5) is 13.2 Å². The molecule has 0 aliphatic carbocycles. The largest absolute Gasteiger partial charge is 0.573 e. The number of halogens is 4. The van der Waals surface area contributed by atoms with Crippen LogP contribution in [0.1, 0.15) is 0 Å². The molecule has 0 heterocycles. The maximum atomic E-state index is 11.8. The molecule has 1 rings (SSSR count). The first-order valence-electron chi connectivity index (χ1n) is 3.51. The summed E-state index contributed by atoms with van der Waals surface area (Å²) < 4.78 is 43.9. The number of methoxy groups -OCH3 is 1. The molecule has 0 atom stereocenters. The molecule has 0 spiro atoms. The number of hydrogen-bond acceptors (Lipinski definition) is 2. The Hall–Kier alpha value is -1.10. The van der Waals surface area contributed by atoms with Gasteiger partial charge in [-0.3, -0.25) is 0 Å². The van der Waals surface area contributed by atoms with Crippen LogP contribution >= 0.6 is 11.6 Å². The number of ether oxygens (including phenoxy) is 2. The molecule has 0 radical (unpaired) electrons. The molecule has 0 aromatic heterocycles. The van der Waals surface area contributed by atoms with Crippen molar-refractivity contribution < 1.29 is 22.6 Å². The Labute approximate surface area is 83.2 Å². The molecule has 0 saturated carbocycles. The van der Waals surface area contributed by atoms with Crippen LogP contribution in [0.25, 0.3) is 0 Å². The zero-order valence-electron chi connectivity index (χ0n) is 7.06. The number of alkyl halides is 3. The highest BCUT2D eigenvalue weighted by molar-refractivity contribution is 6.32. The van der Waals surface area contributed by atoms with Crippen LogP contribution in [0.5, 0.6) is 11.5 Å². The third kappa shape index (κ3) is 2.99. The van der Waals surface area contributed by atoms with Crippen molar-refractivity contribution in [3.8, 4) is 11.5 Å². The molecule has 2 nitrogen and oxygen atoms in total. The van der Waals surface area contributed by atoms with Crippen LogP contribution in [0, 0.1) is 0 Å². The first-order valence-corrected chi connectivity index (χ1v) is 3.89. The Morgan fingerprint density at radius 3 is 2.43 bits per heavy atom. The van der Waals surface area contributed by atoms with Crippen LogP contribution in [-0.4, -0.2) is 13.5 Å². The van der Waals surface area contributed by atoms with Gasteiger partial charge in [-0.15, -0.1) is 13.2 Å². The predicted molar refractivity (Wildman–Crippen MR) is 44.7 cm³/mol. The highest BCUT2D eigenvalue weighted by Gasteiger charge is 2.32. The van der Waals surface area contributed by atoms with Crippen molar-refractivity contribution >= 4 is 11.6 Å². The minimum absolute atomic E-state index is 0.122. The molecule has 78 valence electrons. The second-order valence-corrected chi connectivity index (χ2v) is 2.75. The molecule has 0 amide bonds. The average molecular weight is 227 g/mol. The second-order valence-electron chi connectivity index (χ2n) is 2.34. The van der Waals surface area contributed by atoms with E-state index in [0.29, 0.717) is 0 Å². The van der Waals surface area contributed by atoms with Crippen LogP contribution in [-0.2, 0) is 0 Å². The minimum atomic E-state index is -4.75. The molecule has 0 aliphatic rings. The Morgan fingerprint density at radius 2 is 1.93 bits per heavy atom. The van der Waals surface area contributed by atoms with E-state index >= 15 is 0 Å². The molecule has 0 unspecified atom stereocenters. The van der Waals surface area contributed by atoms with Gasteiger partial charge in [0.05, 0.1) is 12.1 Å². The zero-order valence-corrected chi connectivity index (χ0v) is 7.82. The fourth-order valence-corrected chi connectivity index (χ4v) is 0.970. The molecular weight excluding hydrogens is 221 g/mol. The van der Waals surface area contributed by atoms with Crippen molar-refractivity contribution in [2.24, 2.45) is 0 Å². The summed E-state index contributed by atoms with van der Waals surface area (Å²) in [5, 5.41) is -0.122. The van der Waals surface area contributed by atoms with Gasteiger partial charge >= 0.3 is 6.36 Å². The second kappa shape index (κ2) is 3.96. The van der Waals surface area contributed by atoms with Gasteiger partial charge < -0.3 is 9.47 Å². The number of hydrogen-bond donors (Lipinski definition) is 0. The van der Waals surface area contributed by atoms with Gasteiger partial charge in [0.1, 0.15) is 5.75 Å². The number of benzene rings is 1. The van der Waals surface area contributed by atoms with Gasteiger partial charge in [0.25, 0.3) is 0 Å². The van der Waals surface area contributed by atoms with Gasteiger partial charge in [0.2, 0.25) is 0 Å². The topological polar surface area (TPSA) is 18.5 Å². The molecule has 0 saturated heterocycles. The van der Waals surface area contributed by atoms with Gasteiger partial charge in [-0.2, -0.15) is 0 Å². The molecule has 1 aromatic carbocycles. The molecule has 6 heteroatoms. The molecule has 0 aliphatic heterocycles. The van der Waals surface area contributed by atoms with Gasteiger partial charge in [-0.1, -0.05) is 11.6 Å². The van der Waals surface area contributed by atoms with Gasteiger partial charge in [0, 0.05) is 6.07 Å². The number of rotatable bonds is 2. The van der Waals surface area contributed by atoms with E-state index in [2.05, 4.69) is 4.74 Å². The van der Waals surface area contributed by atoms with E-state index in [9.17, 15) is 13.2 Å². The fourth-order valence-electron chi connectivity index (χ4n) is 0.814. The van der Waals surface area contributed by atoms with Crippen molar-refractivity contribution in [2.45, 2.75) is 6.36 Å². The first kappa shape index (κ1) is 11.0. The Balaban J connectivity index is 2.95. The van der Waals surface area contributed by atoms with Crippen molar-refractivity contribution in [1.82, 2.24) is 0 Å². The Kier molecular flexibility index (Phi) is 3.10. The standard InChI is InChI=1S/C8H6ClF3O2/c1-13-5-2-3-6(9)7(4-5)14-8(10,11)12/h2-4H,1H3. The van der Waals surface area contributed by atoms with E-state index in [0.717, 1.165) is 6.07 Å². The van der Waals surface area contributed by atoms with Crippen LogP contribution < -0.4 is 9.47 Å². The maximum Gasteiger partial charge on any atom is 0.573 e. The summed E-state index contributed by atoms with van der Waals surface area (Å²) >= 11 is 5.48. The predicted octanol–water partition coefficient (Wildman–Crippen LogP) is 3.25. The summed E-state index contributed by atoms with van der Waals surface area (Å²) in [6, 6.07) is 3.77. The average Bonchev–Trinajstić information content (AvgIpc) is 2.06. The van der Waals surface area contributed by atoms with Crippen molar-refractivity contribution in [3.63, 3.8) is 0 Å². The highest BCUT2D eigenvalue weighted by atomic mass is 35.5. The molecule has 0 N–H and O–H groups in total. The minimum Gasteiger partial charge on any atom is -0.497 e. The van der Waals surface area contributed by atoms with E-state index in [1.54, 1.807) is 0 Å². The summed E-state index contributed by atoms with van der Waals surface area (Å²) in [5.74, 6) is -0.229. The molecule has 0 bridgehead atoms. The zero-order chi connectivity index (χ0) is 10.8. The van der Waals surface area contributed by atoms with Gasteiger partial charge in [0.15, 0.2) is 5.75 Å². The lowest BCUT2D eigenvalue weighted by Crippen LogP contribution is -2.17. The third-order valence-corrected chi connectivity index (χ3v) is 1.68. The molecular formula is C8H6ClF3O2. The normalized spacial score (nSPS) is 11.2. The van der Waals surface area contributed by atoms with E-state index in [4.69, 9.17) is 16.3 Å². The quantitative estimate of drug-likeness (QED) is 0.771. The first-order chi connectivity index (χ1) is 6.42. The molecule has 14 heavy (non-hydrogen) atoms. The summed E-state index contributed by atoms with van der Waals surface area (Å²) in [7, 11) is 1.33. The molecule has 0 fully saturated rings. The van der Waals surface area contributed by atoms with Crippen molar-refractivity contribution in [2.75, 3.05) is 7.11 Å². The summed E-state index contributed by atoms with van der Waals surface area (Å²) in [6.45, 7) is 0.